The van der Waals surface area contributed by atoms with E-state index in [1.807, 2.05) is 0 Å². The summed E-state index contributed by atoms with van der Waals surface area (Å²) in [5.74, 6) is -0.708. The van der Waals surface area contributed by atoms with Gasteiger partial charge in [-0.15, -0.1) is 0 Å². The van der Waals surface area contributed by atoms with Gasteiger partial charge in [0, 0.05) is 0 Å². The van der Waals surface area contributed by atoms with Crippen molar-refractivity contribution in [2.75, 3.05) is 13.2 Å². The highest BCUT2D eigenvalue weighted by Gasteiger charge is 2.44. The lowest BCUT2D eigenvalue weighted by Gasteiger charge is -2.40. The van der Waals surface area contributed by atoms with E-state index in [1.165, 1.54) is 302 Å². The smallest absolute Gasteiger partial charge is 0.249 e. The fraction of sp³-hybridized carbons (Fsp3) is 0.869. The first-order chi connectivity index (χ1) is 46.7. The Morgan fingerprint density at radius 2 is 0.663 bits per heavy atom. The summed E-state index contributed by atoms with van der Waals surface area (Å²) in [6.45, 7) is 3.50. The van der Waals surface area contributed by atoms with Gasteiger partial charge >= 0.3 is 0 Å². The molecule has 1 fully saturated rings. The van der Waals surface area contributed by atoms with Gasteiger partial charge in [0.15, 0.2) is 6.29 Å². The molecule has 0 radical (unpaired) electrons. The van der Waals surface area contributed by atoms with Gasteiger partial charge in [0.05, 0.1) is 25.4 Å². The third kappa shape index (κ3) is 58.2. The summed E-state index contributed by atoms with van der Waals surface area (Å²) in [5, 5.41) is 76.7. The predicted molar refractivity (Wildman–Crippen MR) is 404 cm³/mol. The van der Waals surface area contributed by atoms with Crippen molar-refractivity contribution in [3.8, 4) is 0 Å². The molecular formula is C84H157NO10. The van der Waals surface area contributed by atoms with Crippen LogP contribution in [-0.2, 0) is 14.3 Å². The van der Waals surface area contributed by atoms with Crippen LogP contribution in [-0.4, -0.2) is 110 Å². The zero-order valence-corrected chi connectivity index (χ0v) is 62.2. The molecule has 1 saturated heterocycles. The number of amides is 1. The lowest BCUT2D eigenvalue weighted by Crippen LogP contribution is -2.60. The van der Waals surface area contributed by atoms with Crippen molar-refractivity contribution in [2.45, 2.75) is 454 Å². The summed E-state index contributed by atoms with van der Waals surface area (Å²) in [6.07, 6.45) is 86.4. The molecular weight excluding hydrogens is 1180 g/mol. The Labute approximate surface area is 586 Å². The fourth-order valence-corrected chi connectivity index (χ4v) is 13.2. The number of ether oxygens (including phenoxy) is 2. The monoisotopic (exact) mass is 1340 g/mol. The van der Waals surface area contributed by atoms with Crippen molar-refractivity contribution in [3.63, 3.8) is 0 Å². The number of unbranched alkanes of at least 4 members (excludes halogenated alkanes) is 51. The Morgan fingerprint density at radius 3 is 1.00 bits per heavy atom. The standard InChI is InChI=1S/C84H157NO10/c1-3-5-7-9-11-13-15-17-19-21-23-25-27-29-31-33-35-37-38-39-40-42-44-46-48-50-52-54-56-58-60-62-64-66-68-70-72-77(88)83(93)85-75(74-94-84-82(92)81(91)80(90)78(73-86)95-84)79(89)76(87)71-69-67-65-63-61-59-57-55-53-51-49-47-45-43-41-36-34-32-30-28-26-24-22-20-18-16-14-12-10-8-6-4-2/h31,33,37-38,47,49,55,57,63,65,75-82,84,86-92H,3-30,32,34-36,39-46,48,50-54,56,58-62,64,66-74H2,1-2H3,(H,85,93)/b33-31-,38-37-,49-47+,57-55+,65-63+. The zero-order valence-electron chi connectivity index (χ0n) is 62.2. The Balaban J connectivity index is 2.16. The molecule has 1 heterocycles. The van der Waals surface area contributed by atoms with Gasteiger partial charge < -0.3 is 50.5 Å². The second-order valence-corrected chi connectivity index (χ2v) is 28.8. The average Bonchev–Trinajstić information content (AvgIpc) is 0.832. The van der Waals surface area contributed by atoms with Gasteiger partial charge in [-0.1, -0.05) is 364 Å². The van der Waals surface area contributed by atoms with Gasteiger partial charge in [-0.3, -0.25) is 4.79 Å². The molecule has 0 aromatic rings. The van der Waals surface area contributed by atoms with Crippen LogP contribution in [0.4, 0.5) is 0 Å². The van der Waals surface area contributed by atoms with E-state index in [-0.39, 0.29) is 12.8 Å². The highest BCUT2D eigenvalue weighted by Crippen LogP contribution is 2.24. The molecule has 0 spiro atoms. The van der Waals surface area contributed by atoms with Crippen molar-refractivity contribution >= 4 is 5.91 Å². The van der Waals surface area contributed by atoms with E-state index in [2.05, 4.69) is 79.9 Å². The minimum atomic E-state index is -1.68. The van der Waals surface area contributed by atoms with Crippen molar-refractivity contribution in [1.82, 2.24) is 5.32 Å². The van der Waals surface area contributed by atoms with E-state index in [0.717, 1.165) is 51.4 Å². The van der Waals surface area contributed by atoms with Gasteiger partial charge in [-0.05, 0) is 96.3 Å². The van der Waals surface area contributed by atoms with E-state index in [9.17, 15) is 40.5 Å². The Morgan fingerprint density at radius 1 is 0.368 bits per heavy atom. The van der Waals surface area contributed by atoms with Crippen LogP contribution in [0.2, 0.25) is 0 Å². The van der Waals surface area contributed by atoms with Crippen LogP contribution in [0.15, 0.2) is 60.8 Å². The zero-order chi connectivity index (χ0) is 68.8. The molecule has 9 unspecified atom stereocenters. The van der Waals surface area contributed by atoms with Gasteiger partial charge in [-0.25, -0.2) is 0 Å². The number of aliphatic hydroxyl groups excluding tert-OH is 7. The molecule has 1 aliphatic heterocycles. The van der Waals surface area contributed by atoms with Gasteiger partial charge in [0.2, 0.25) is 5.91 Å². The molecule has 1 aliphatic rings. The molecule has 558 valence electrons. The molecule has 1 rings (SSSR count). The second-order valence-electron chi connectivity index (χ2n) is 28.8. The normalized spacial score (nSPS) is 18.4. The van der Waals surface area contributed by atoms with Crippen LogP contribution >= 0.6 is 0 Å². The number of rotatable bonds is 73. The maximum Gasteiger partial charge on any atom is 0.249 e. The Bertz CT molecular complexity index is 1740. The SMILES string of the molecule is CCCCCCCCCCCCCCC/C=C\C/C=C\CCCCCCCCCCCCCCCCCCC(O)C(=O)NC(COC1OC(CO)C(O)C(O)C1O)C(O)C(O)CCC/C=C/CC/C=C/CC/C=C/CCCCCCCCCCCCCCCCCCCCC. The van der Waals surface area contributed by atoms with E-state index in [4.69, 9.17) is 9.47 Å². The summed E-state index contributed by atoms with van der Waals surface area (Å²) in [6, 6.07) is -1.20. The average molecular weight is 1340 g/mol. The van der Waals surface area contributed by atoms with Gasteiger partial charge in [-0.2, -0.15) is 0 Å². The van der Waals surface area contributed by atoms with Crippen LogP contribution in [0.3, 0.4) is 0 Å². The van der Waals surface area contributed by atoms with Crippen LogP contribution in [0.5, 0.6) is 0 Å². The van der Waals surface area contributed by atoms with Gasteiger partial charge in [0.1, 0.15) is 36.6 Å². The van der Waals surface area contributed by atoms with Gasteiger partial charge in [0.25, 0.3) is 0 Å². The molecule has 95 heavy (non-hydrogen) atoms. The number of allylic oxidation sites excluding steroid dienone is 10. The molecule has 0 aromatic carbocycles. The summed E-state index contributed by atoms with van der Waals surface area (Å²) < 4.78 is 11.2. The molecule has 8 N–H and O–H groups in total. The Kier molecular flexibility index (Phi) is 68.5. The summed E-state index contributed by atoms with van der Waals surface area (Å²) >= 11 is 0. The van der Waals surface area contributed by atoms with Crippen LogP contribution in [0.25, 0.3) is 0 Å². The lowest BCUT2D eigenvalue weighted by atomic mass is 9.98. The minimum absolute atomic E-state index is 0.241. The lowest BCUT2D eigenvalue weighted by molar-refractivity contribution is -0.303. The van der Waals surface area contributed by atoms with Crippen molar-refractivity contribution in [2.24, 2.45) is 0 Å². The first kappa shape index (κ1) is 90.8. The summed E-state index contributed by atoms with van der Waals surface area (Å²) in [4.78, 5) is 13.3. The summed E-state index contributed by atoms with van der Waals surface area (Å²) in [7, 11) is 0. The predicted octanol–water partition coefficient (Wildman–Crippen LogP) is 21.6. The van der Waals surface area contributed by atoms with Crippen molar-refractivity contribution in [3.05, 3.63) is 60.8 Å². The number of nitrogens with one attached hydrogen (secondary N) is 1. The number of carbonyl (C=O) groups excluding carboxylic acids is 1. The maximum atomic E-state index is 13.3. The molecule has 0 saturated carbocycles. The third-order valence-electron chi connectivity index (χ3n) is 19.7. The molecule has 0 aromatic heterocycles. The highest BCUT2D eigenvalue weighted by atomic mass is 16.7. The molecule has 9 atom stereocenters. The molecule has 11 nitrogen and oxygen atoms in total. The van der Waals surface area contributed by atoms with Crippen molar-refractivity contribution < 1.29 is 50.0 Å². The van der Waals surface area contributed by atoms with Crippen molar-refractivity contribution in [1.29, 1.82) is 0 Å². The number of hydrogen-bond donors (Lipinski definition) is 8. The molecule has 0 aliphatic carbocycles. The first-order valence-electron chi connectivity index (χ1n) is 41.2. The minimum Gasteiger partial charge on any atom is -0.394 e. The van der Waals surface area contributed by atoms with Crippen LogP contribution in [0, 0.1) is 0 Å². The van der Waals surface area contributed by atoms with E-state index in [0.29, 0.717) is 19.3 Å². The molecule has 0 bridgehead atoms. The second kappa shape index (κ2) is 71.6. The van der Waals surface area contributed by atoms with Crippen LogP contribution < -0.4 is 5.32 Å². The quantitative estimate of drug-likeness (QED) is 0.0215. The van der Waals surface area contributed by atoms with E-state index in [1.54, 1.807) is 0 Å². The fourth-order valence-electron chi connectivity index (χ4n) is 13.2. The molecule has 1 amide bonds. The largest absolute Gasteiger partial charge is 0.394 e. The topological polar surface area (TPSA) is 189 Å². The summed E-state index contributed by atoms with van der Waals surface area (Å²) in [5.41, 5.74) is 0. The van der Waals surface area contributed by atoms with E-state index < -0.39 is 74.2 Å². The highest BCUT2D eigenvalue weighted by molar-refractivity contribution is 5.80. The number of carbonyl (C=O) groups is 1. The van der Waals surface area contributed by atoms with Crippen LogP contribution in [0.1, 0.15) is 399 Å². The number of hydrogen-bond acceptors (Lipinski definition) is 10. The number of aliphatic hydroxyl groups is 7. The van der Waals surface area contributed by atoms with E-state index >= 15 is 0 Å². The Hall–Kier alpha value is -2.19. The first-order valence-corrected chi connectivity index (χ1v) is 41.2. The maximum absolute atomic E-state index is 13.3. The molecule has 11 heteroatoms. The third-order valence-corrected chi connectivity index (χ3v) is 19.7.